The van der Waals surface area contributed by atoms with Crippen molar-refractivity contribution in [3.8, 4) is 0 Å². The SMILES string of the molecule is CC(C)N=c1ccccn1C(=O)CN1C(=O)NC2(CCCCC2)C1=O. The second-order valence-electron chi connectivity index (χ2n) is 7.01. The summed E-state index contributed by atoms with van der Waals surface area (Å²) in [5.41, 5.74) is -0.288. The highest BCUT2D eigenvalue weighted by atomic mass is 16.2. The Morgan fingerprint density at radius 1 is 1.24 bits per heavy atom. The molecule has 2 heterocycles. The fourth-order valence-electron chi connectivity index (χ4n) is 3.54. The highest BCUT2D eigenvalue weighted by Crippen LogP contribution is 2.33. The van der Waals surface area contributed by atoms with E-state index in [4.69, 9.17) is 0 Å². The molecular formula is C18H24N4O3. The molecule has 1 saturated carbocycles. The van der Waals surface area contributed by atoms with Gasteiger partial charge in [0.2, 0.25) is 0 Å². The van der Waals surface area contributed by atoms with Gasteiger partial charge in [0.25, 0.3) is 11.8 Å². The molecule has 3 rings (SSSR count). The summed E-state index contributed by atoms with van der Waals surface area (Å²) in [4.78, 5) is 43.2. The summed E-state index contributed by atoms with van der Waals surface area (Å²) < 4.78 is 1.40. The van der Waals surface area contributed by atoms with Crippen molar-refractivity contribution < 1.29 is 14.4 Å². The van der Waals surface area contributed by atoms with Gasteiger partial charge in [-0.1, -0.05) is 25.3 Å². The van der Waals surface area contributed by atoms with Crippen LogP contribution >= 0.6 is 0 Å². The number of carbonyl (C=O) groups is 3. The van der Waals surface area contributed by atoms with Crippen molar-refractivity contribution in [2.75, 3.05) is 6.54 Å². The van der Waals surface area contributed by atoms with E-state index in [1.54, 1.807) is 24.4 Å². The highest BCUT2D eigenvalue weighted by Gasteiger charge is 2.51. The van der Waals surface area contributed by atoms with Crippen LogP contribution in [0.5, 0.6) is 0 Å². The third-order valence-corrected chi connectivity index (χ3v) is 4.74. The first-order chi connectivity index (χ1) is 11.9. The van der Waals surface area contributed by atoms with E-state index in [0.29, 0.717) is 18.3 Å². The van der Waals surface area contributed by atoms with Gasteiger partial charge in [-0.25, -0.2) is 4.79 Å². The number of nitrogens with zero attached hydrogens (tertiary/aromatic N) is 3. The number of amides is 3. The number of pyridine rings is 1. The first-order valence-corrected chi connectivity index (χ1v) is 8.82. The summed E-state index contributed by atoms with van der Waals surface area (Å²) in [6.45, 7) is 3.57. The molecular weight excluding hydrogens is 320 g/mol. The molecule has 25 heavy (non-hydrogen) atoms. The normalized spacial score (nSPS) is 20.4. The topological polar surface area (TPSA) is 83.8 Å². The maximum atomic E-state index is 12.8. The predicted octanol–water partition coefficient (Wildman–Crippen LogP) is 1.69. The lowest BCUT2D eigenvalue weighted by Crippen LogP contribution is -2.48. The van der Waals surface area contributed by atoms with Crippen molar-refractivity contribution in [1.29, 1.82) is 0 Å². The Morgan fingerprint density at radius 2 is 1.96 bits per heavy atom. The van der Waals surface area contributed by atoms with Crippen LogP contribution in [0.4, 0.5) is 4.79 Å². The van der Waals surface area contributed by atoms with Crippen LogP contribution in [0.3, 0.4) is 0 Å². The molecule has 1 aliphatic heterocycles. The van der Waals surface area contributed by atoms with Crippen LogP contribution in [0.1, 0.15) is 50.7 Å². The van der Waals surface area contributed by atoms with Gasteiger partial charge >= 0.3 is 6.03 Å². The second-order valence-corrected chi connectivity index (χ2v) is 7.01. The molecule has 0 unspecified atom stereocenters. The minimum absolute atomic E-state index is 0.0312. The number of hydrogen-bond donors (Lipinski definition) is 1. The molecule has 7 nitrogen and oxygen atoms in total. The third kappa shape index (κ3) is 3.36. The van der Waals surface area contributed by atoms with E-state index in [2.05, 4.69) is 10.3 Å². The average molecular weight is 344 g/mol. The molecule has 0 radical (unpaired) electrons. The summed E-state index contributed by atoms with van der Waals surface area (Å²) in [6.07, 6.45) is 5.81. The summed E-state index contributed by atoms with van der Waals surface area (Å²) >= 11 is 0. The van der Waals surface area contributed by atoms with Crippen molar-refractivity contribution in [3.05, 3.63) is 29.9 Å². The summed E-state index contributed by atoms with van der Waals surface area (Å²) in [7, 11) is 0. The number of nitrogens with one attached hydrogen (secondary N) is 1. The molecule has 1 spiro atoms. The lowest BCUT2D eigenvalue weighted by Gasteiger charge is -2.30. The first kappa shape index (κ1) is 17.4. The number of imide groups is 1. The van der Waals surface area contributed by atoms with Gasteiger partial charge in [-0.05, 0) is 38.8 Å². The second kappa shape index (κ2) is 6.82. The van der Waals surface area contributed by atoms with E-state index in [1.165, 1.54) is 4.57 Å². The van der Waals surface area contributed by atoms with E-state index < -0.39 is 11.6 Å². The standard InChI is InChI=1S/C18H24N4O3/c1-13(2)19-14-8-4-7-11-21(14)15(23)12-22-16(24)18(20-17(22)25)9-5-3-6-10-18/h4,7-8,11,13H,3,5-6,9-10,12H2,1-2H3,(H,20,25). The van der Waals surface area contributed by atoms with Crippen LogP contribution < -0.4 is 10.8 Å². The van der Waals surface area contributed by atoms with Gasteiger partial charge in [0.15, 0.2) is 0 Å². The summed E-state index contributed by atoms with van der Waals surface area (Å²) in [5.74, 6) is -0.624. The van der Waals surface area contributed by atoms with Gasteiger partial charge in [0.1, 0.15) is 17.6 Å². The Bertz CT molecular complexity index is 760. The molecule has 1 aromatic heterocycles. The highest BCUT2D eigenvalue weighted by molar-refractivity contribution is 6.09. The van der Waals surface area contributed by atoms with E-state index in [-0.39, 0.29) is 24.4 Å². The van der Waals surface area contributed by atoms with Crippen molar-refractivity contribution in [2.24, 2.45) is 4.99 Å². The number of hydrogen-bond acceptors (Lipinski definition) is 4. The molecule has 7 heteroatoms. The summed E-state index contributed by atoms with van der Waals surface area (Å²) in [5, 5.41) is 2.83. The Balaban J connectivity index is 1.82. The Labute approximate surface area is 146 Å². The largest absolute Gasteiger partial charge is 0.325 e. The van der Waals surface area contributed by atoms with Crippen molar-refractivity contribution in [3.63, 3.8) is 0 Å². The summed E-state index contributed by atoms with van der Waals surface area (Å²) in [6, 6.07) is 4.83. The van der Waals surface area contributed by atoms with Gasteiger partial charge in [-0.15, -0.1) is 0 Å². The zero-order chi connectivity index (χ0) is 18.0. The molecule has 1 aromatic rings. The maximum absolute atomic E-state index is 12.8. The van der Waals surface area contributed by atoms with Crippen LogP contribution in [-0.2, 0) is 4.79 Å². The number of carbonyl (C=O) groups excluding carboxylic acids is 3. The molecule has 0 atom stereocenters. The lowest BCUT2D eigenvalue weighted by molar-refractivity contribution is -0.132. The minimum Gasteiger partial charge on any atom is -0.323 e. The molecule has 2 aliphatic rings. The van der Waals surface area contributed by atoms with E-state index in [9.17, 15) is 14.4 Å². The Morgan fingerprint density at radius 3 is 2.64 bits per heavy atom. The molecule has 3 amide bonds. The van der Waals surface area contributed by atoms with Crippen LogP contribution in [0.25, 0.3) is 0 Å². The van der Waals surface area contributed by atoms with Crippen LogP contribution in [0, 0.1) is 0 Å². The monoisotopic (exact) mass is 344 g/mol. The Hall–Kier alpha value is -2.44. The zero-order valence-electron chi connectivity index (χ0n) is 14.7. The van der Waals surface area contributed by atoms with E-state index >= 15 is 0 Å². The van der Waals surface area contributed by atoms with Gasteiger partial charge in [-0.2, -0.15) is 0 Å². The van der Waals surface area contributed by atoms with E-state index in [1.807, 2.05) is 13.8 Å². The third-order valence-electron chi connectivity index (χ3n) is 4.74. The van der Waals surface area contributed by atoms with Gasteiger partial charge in [0.05, 0.1) is 0 Å². The fraction of sp³-hybridized carbons (Fsp3) is 0.556. The van der Waals surface area contributed by atoms with Crippen LogP contribution in [-0.4, -0.2) is 45.4 Å². The van der Waals surface area contributed by atoms with E-state index in [0.717, 1.165) is 24.2 Å². The molecule has 2 fully saturated rings. The molecule has 0 aromatic carbocycles. The van der Waals surface area contributed by atoms with Crippen LogP contribution in [0.2, 0.25) is 0 Å². The molecule has 134 valence electrons. The lowest BCUT2D eigenvalue weighted by atomic mass is 9.82. The van der Waals surface area contributed by atoms with Gasteiger partial charge in [0, 0.05) is 12.2 Å². The van der Waals surface area contributed by atoms with Crippen LogP contribution in [0.15, 0.2) is 29.4 Å². The number of rotatable bonds is 3. The zero-order valence-corrected chi connectivity index (χ0v) is 14.7. The first-order valence-electron chi connectivity index (χ1n) is 8.82. The molecule has 1 N–H and O–H groups in total. The fourth-order valence-corrected chi connectivity index (χ4v) is 3.54. The van der Waals surface area contributed by atoms with Gasteiger partial charge in [-0.3, -0.25) is 24.0 Å². The molecule has 1 aliphatic carbocycles. The number of urea groups is 1. The minimum atomic E-state index is -0.803. The quantitative estimate of drug-likeness (QED) is 0.847. The molecule has 1 saturated heterocycles. The van der Waals surface area contributed by atoms with Gasteiger partial charge < -0.3 is 5.32 Å². The Kier molecular flexibility index (Phi) is 4.74. The number of aromatic nitrogens is 1. The smallest absolute Gasteiger partial charge is 0.323 e. The average Bonchev–Trinajstić information content (AvgIpc) is 2.79. The molecule has 0 bridgehead atoms. The maximum Gasteiger partial charge on any atom is 0.325 e. The van der Waals surface area contributed by atoms with Crippen molar-refractivity contribution in [2.45, 2.75) is 57.5 Å². The van der Waals surface area contributed by atoms with Crippen molar-refractivity contribution >= 4 is 17.8 Å². The predicted molar refractivity (Wildman–Crippen MR) is 91.8 cm³/mol. The van der Waals surface area contributed by atoms with Crippen molar-refractivity contribution in [1.82, 2.24) is 14.8 Å².